The minimum atomic E-state index is -5.21. The Kier molecular flexibility index (Phi) is 10.9. The molecule has 0 bridgehead atoms. The SMILES string of the molecule is CCN(CC)C(=O)c1ccc(N2CCC(CCCN(C)C(=O)C(O)(c3cccc(OC)c3)C(F)(F)F)CC2)cc1Cl. The Hall–Kier alpha value is -2.98. The molecule has 1 aliphatic heterocycles. The molecular weight excluding hydrogens is 559 g/mol. The Morgan fingerprint density at radius 3 is 2.32 bits per heavy atom. The molecule has 1 fully saturated rings. The van der Waals surface area contributed by atoms with E-state index in [1.807, 2.05) is 26.0 Å². The van der Waals surface area contributed by atoms with E-state index in [0.29, 0.717) is 36.0 Å². The quantitative estimate of drug-likeness (QED) is 0.358. The predicted molar refractivity (Wildman–Crippen MR) is 153 cm³/mol. The Morgan fingerprint density at radius 2 is 1.76 bits per heavy atom. The van der Waals surface area contributed by atoms with Gasteiger partial charge in [0.25, 0.3) is 17.4 Å². The molecule has 2 aromatic rings. The molecular formula is C30H39ClF3N3O4. The third kappa shape index (κ3) is 7.27. The second-order valence-electron chi connectivity index (χ2n) is 10.4. The molecule has 11 heteroatoms. The summed E-state index contributed by atoms with van der Waals surface area (Å²) in [6.45, 7) is 6.71. The second kappa shape index (κ2) is 13.8. The van der Waals surface area contributed by atoms with E-state index in [1.165, 1.54) is 26.3 Å². The monoisotopic (exact) mass is 597 g/mol. The molecule has 1 N–H and O–H groups in total. The second-order valence-corrected chi connectivity index (χ2v) is 10.8. The van der Waals surface area contributed by atoms with Crippen LogP contribution in [0.4, 0.5) is 18.9 Å². The van der Waals surface area contributed by atoms with E-state index in [-0.39, 0.29) is 18.2 Å². The molecule has 0 aliphatic carbocycles. The zero-order chi connectivity index (χ0) is 30.4. The summed E-state index contributed by atoms with van der Waals surface area (Å²) in [7, 11) is 2.58. The number of rotatable bonds is 11. The van der Waals surface area contributed by atoms with Crippen LogP contribution in [0.5, 0.6) is 5.75 Å². The Morgan fingerprint density at radius 1 is 1.10 bits per heavy atom. The van der Waals surface area contributed by atoms with Gasteiger partial charge in [-0.3, -0.25) is 9.59 Å². The van der Waals surface area contributed by atoms with Crippen molar-refractivity contribution >= 4 is 29.1 Å². The number of benzene rings is 2. The number of ether oxygens (including phenoxy) is 1. The van der Waals surface area contributed by atoms with E-state index >= 15 is 0 Å². The van der Waals surface area contributed by atoms with Gasteiger partial charge in [0.1, 0.15) is 5.75 Å². The molecule has 0 saturated carbocycles. The highest BCUT2D eigenvalue weighted by molar-refractivity contribution is 6.34. The first kappa shape index (κ1) is 32.5. The van der Waals surface area contributed by atoms with Gasteiger partial charge >= 0.3 is 6.18 Å². The fourth-order valence-corrected chi connectivity index (χ4v) is 5.54. The Bertz CT molecular complexity index is 1200. The number of hydrogen-bond donors (Lipinski definition) is 1. The lowest BCUT2D eigenvalue weighted by atomic mass is 9.90. The molecule has 226 valence electrons. The zero-order valence-corrected chi connectivity index (χ0v) is 24.8. The van der Waals surface area contributed by atoms with E-state index in [2.05, 4.69) is 4.90 Å². The number of methoxy groups -OCH3 is 1. The van der Waals surface area contributed by atoms with Crippen molar-refractivity contribution in [3.63, 3.8) is 0 Å². The fourth-order valence-electron chi connectivity index (χ4n) is 5.29. The maximum absolute atomic E-state index is 14.0. The van der Waals surface area contributed by atoms with Crippen LogP contribution in [0.1, 0.15) is 55.5 Å². The number of amides is 2. The number of carbonyl (C=O) groups excluding carboxylic acids is 2. The number of halogens is 4. The number of alkyl halides is 3. The first-order valence-electron chi connectivity index (χ1n) is 13.9. The summed E-state index contributed by atoms with van der Waals surface area (Å²) in [5.74, 6) is -1.05. The third-order valence-corrected chi connectivity index (χ3v) is 8.19. The zero-order valence-electron chi connectivity index (χ0n) is 24.0. The van der Waals surface area contributed by atoms with Gasteiger partial charge in [-0.25, -0.2) is 0 Å². The first-order chi connectivity index (χ1) is 19.4. The van der Waals surface area contributed by atoms with Gasteiger partial charge in [0, 0.05) is 51.0 Å². The molecule has 1 aliphatic rings. The number of aliphatic hydroxyl groups is 1. The summed E-state index contributed by atoms with van der Waals surface area (Å²) in [6, 6.07) is 10.3. The van der Waals surface area contributed by atoms with Crippen LogP contribution < -0.4 is 9.64 Å². The fraction of sp³-hybridized carbons (Fsp3) is 0.533. The molecule has 0 spiro atoms. The van der Waals surface area contributed by atoms with Crippen LogP contribution in [0.3, 0.4) is 0 Å². The summed E-state index contributed by atoms with van der Waals surface area (Å²) in [4.78, 5) is 30.5. The lowest BCUT2D eigenvalue weighted by molar-refractivity contribution is -0.261. The number of nitrogens with zero attached hydrogens (tertiary/aromatic N) is 3. The van der Waals surface area contributed by atoms with Gasteiger partial charge < -0.3 is 24.5 Å². The molecule has 3 rings (SSSR count). The normalized spacial score (nSPS) is 15.8. The average Bonchev–Trinajstić information content (AvgIpc) is 2.96. The topological polar surface area (TPSA) is 73.3 Å². The van der Waals surface area contributed by atoms with Gasteiger partial charge in [-0.15, -0.1) is 0 Å². The molecule has 1 unspecified atom stereocenters. The van der Waals surface area contributed by atoms with Crippen molar-refractivity contribution in [3.05, 3.63) is 58.6 Å². The molecule has 1 atom stereocenters. The molecule has 1 saturated heterocycles. The van der Waals surface area contributed by atoms with Gasteiger partial charge in [-0.05, 0) is 75.8 Å². The van der Waals surface area contributed by atoms with Crippen LogP contribution in [0.2, 0.25) is 5.02 Å². The van der Waals surface area contributed by atoms with Crippen molar-refractivity contribution in [1.82, 2.24) is 9.80 Å². The number of piperidine rings is 1. The van der Waals surface area contributed by atoms with Crippen molar-refractivity contribution in [1.29, 1.82) is 0 Å². The molecule has 1 heterocycles. The Balaban J connectivity index is 1.55. The summed E-state index contributed by atoms with van der Waals surface area (Å²) in [6.07, 6.45) is -2.20. The van der Waals surface area contributed by atoms with E-state index in [0.717, 1.165) is 55.1 Å². The average molecular weight is 598 g/mol. The van der Waals surface area contributed by atoms with Crippen molar-refractivity contribution in [2.45, 2.75) is 51.3 Å². The van der Waals surface area contributed by atoms with Crippen molar-refractivity contribution in [2.24, 2.45) is 5.92 Å². The standard InChI is InChI=1S/C30H39ClF3N3O4/c1-5-36(6-2)27(38)25-13-12-23(20-26(25)31)37-17-14-21(15-18-37)9-8-16-35(3)28(39)29(40,30(32,33)34)22-10-7-11-24(19-22)41-4/h7,10-13,19-21,40H,5-6,8-9,14-18H2,1-4H3. The minimum absolute atomic E-state index is 0.0824. The van der Waals surface area contributed by atoms with Crippen LogP contribution in [0, 0.1) is 5.92 Å². The minimum Gasteiger partial charge on any atom is -0.497 e. The van der Waals surface area contributed by atoms with Gasteiger partial charge in [0.15, 0.2) is 0 Å². The highest BCUT2D eigenvalue weighted by Crippen LogP contribution is 2.41. The summed E-state index contributed by atoms with van der Waals surface area (Å²) in [5, 5.41) is 11.1. The predicted octanol–water partition coefficient (Wildman–Crippen LogP) is 5.74. The van der Waals surface area contributed by atoms with Crippen LogP contribution in [-0.2, 0) is 10.4 Å². The van der Waals surface area contributed by atoms with Gasteiger partial charge in [-0.1, -0.05) is 23.7 Å². The van der Waals surface area contributed by atoms with Gasteiger partial charge in [0.2, 0.25) is 0 Å². The lowest BCUT2D eigenvalue weighted by Gasteiger charge is -2.35. The van der Waals surface area contributed by atoms with Crippen LogP contribution in [-0.4, -0.2) is 79.8 Å². The highest BCUT2D eigenvalue weighted by atomic mass is 35.5. The first-order valence-corrected chi connectivity index (χ1v) is 14.3. The van der Waals surface area contributed by atoms with E-state index in [1.54, 1.807) is 11.0 Å². The van der Waals surface area contributed by atoms with Crippen molar-refractivity contribution < 1.29 is 32.6 Å². The number of likely N-dealkylation sites (N-methyl/N-ethyl adjacent to an activating group) is 1. The van der Waals surface area contributed by atoms with E-state index in [9.17, 15) is 27.9 Å². The number of hydrogen-bond acceptors (Lipinski definition) is 5. The molecule has 0 aromatic heterocycles. The van der Waals surface area contributed by atoms with E-state index < -0.39 is 23.2 Å². The third-order valence-electron chi connectivity index (χ3n) is 7.87. The van der Waals surface area contributed by atoms with Crippen molar-refractivity contribution in [3.8, 4) is 5.75 Å². The molecule has 7 nitrogen and oxygen atoms in total. The molecule has 2 aromatic carbocycles. The summed E-state index contributed by atoms with van der Waals surface area (Å²) in [5.41, 5.74) is -2.83. The van der Waals surface area contributed by atoms with E-state index in [4.69, 9.17) is 16.3 Å². The molecule has 0 radical (unpaired) electrons. The number of carbonyl (C=O) groups is 2. The molecule has 2 amide bonds. The maximum Gasteiger partial charge on any atom is 0.430 e. The summed E-state index contributed by atoms with van der Waals surface area (Å²) >= 11 is 6.47. The van der Waals surface area contributed by atoms with Gasteiger partial charge in [0.05, 0.1) is 17.7 Å². The Labute approximate surface area is 244 Å². The maximum atomic E-state index is 14.0. The van der Waals surface area contributed by atoms with Crippen molar-refractivity contribution in [2.75, 3.05) is 51.8 Å². The number of anilines is 1. The van der Waals surface area contributed by atoms with Crippen LogP contribution in [0.15, 0.2) is 42.5 Å². The molecule has 41 heavy (non-hydrogen) atoms. The van der Waals surface area contributed by atoms with Crippen LogP contribution in [0.25, 0.3) is 0 Å². The smallest absolute Gasteiger partial charge is 0.430 e. The largest absolute Gasteiger partial charge is 0.497 e. The summed E-state index contributed by atoms with van der Waals surface area (Å²) < 4.78 is 47.0. The highest BCUT2D eigenvalue weighted by Gasteiger charge is 2.61. The van der Waals surface area contributed by atoms with Crippen LogP contribution >= 0.6 is 11.6 Å². The lowest BCUT2D eigenvalue weighted by Crippen LogP contribution is -2.55. The van der Waals surface area contributed by atoms with Gasteiger partial charge in [-0.2, -0.15) is 13.2 Å².